The molecular weight excluding hydrogens is 390 g/mol. The Morgan fingerprint density at radius 2 is 1.61 bits per heavy atom. The fourth-order valence-corrected chi connectivity index (χ4v) is 4.02. The van der Waals surface area contributed by atoms with Gasteiger partial charge in [-0.3, -0.25) is 9.69 Å². The average Bonchev–Trinajstić information content (AvgIpc) is 3.30. The molecule has 0 unspecified atom stereocenters. The molecule has 160 valence electrons. The molecule has 5 heteroatoms. The summed E-state index contributed by atoms with van der Waals surface area (Å²) in [6.45, 7) is 3.08. The Kier molecular flexibility index (Phi) is 6.53. The zero-order valence-corrected chi connectivity index (χ0v) is 17.9. The lowest BCUT2D eigenvalue weighted by atomic mass is 9.96. The number of ether oxygens (including phenoxy) is 3. The third kappa shape index (κ3) is 4.89. The summed E-state index contributed by atoms with van der Waals surface area (Å²) in [5, 5.41) is 0. The van der Waals surface area contributed by atoms with Crippen molar-refractivity contribution in [3.63, 3.8) is 0 Å². The predicted octanol–water partition coefficient (Wildman–Crippen LogP) is 5.28. The molecule has 4 rings (SSSR count). The Morgan fingerprint density at radius 1 is 0.935 bits per heavy atom. The standard InChI is InChI=1S/C26H27NO4/c1-19(21-11-7-4-8-12-21)27(17-20-9-5-3-6-10-20)23(16-26(28)29-2)22-13-14-24-25(15-22)31-18-30-24/h3-15,19,23H,16-18H2,1-2H3/t19-,23+/m1/s1. The minimum Gasteiger partial charge on any atom is -0.469 e. The van der Waals surface area contributed by atoms with Crippen LogP contribution in [0.25, 0.3) is 0 Å². The molecule has 3 aromatic rings. The summed E-state index contributed by atoms with van der Waals surface area (Å²) in [5.74, 6) is 1.19. The molecule has 5 nitrogen and oxygen atoms in total. The van der Waals surface area contributed by atoms with Crippen LogP contribution in [0.15, 0.2) is 78.9 Å². The molecule has 31 heavy (non-hydrogen) atoms. The second kappa shape index (κ2) is 9.67. The van der Waals surface area contributed by atoms with Crippen LogP contribution in [0.2, 0.25) is 0 Å². The Hall–Kier alpha value is -3.31. The van der Waals surface area contributed by atoms with E-state index in [1.165, 1.54) is 18.2 Å². The number of benzene rings is 3. The lowest BCUT2D eigenvalue weighted by molar-refractivity contribution is -0.142. The van der Waals surface area contributed by atoms with Gasteiger partial charge in [0, 0.05) is 18.6 Å². The first-order valence-electron chi connectivity index (χ1n) is 10.5. The van der Waals surface area contributed by atoms with Crippen LogP contribution < -0.4 is 9.47 Å². The maximum absolute atomic E-state index is 12.4. The molecule has 0 bridgehead atoms. The Morgan fingerprint density at radius 3 is 2.32 bits per heavy atom. The van der Waals surface area contributed by atoms with Gasteiger partial charge < -0.3 is 14.2 Å². The number of carbonyl (C=O) groups excluding carboxylic acids is 1. The van der Waals surface area contributed by atoms with Crippen molar-refractivity contribution in [1.82, 2.24) is 4.90 Å². The van der Waals surface area contributed by atoms with Crippen molar-refractivity contribution >= 4 is 5.97 Å². The fraction of sp³-hybridized carbons (Fsp3) is 0.269. The summed E-state index contributed by atoms with van der Waals surface area (Å²) in [6.07, 6.45) is 0.236. The summed E-state index contributed by atoms with van der Waals surface area (Å²) < 4.78 is 16.1. The third-order valence-corrected chi connectivity index (χ3v) is 5.76. The Labute approximate surface area is 183 Å². The van der Waals surface area contributed by atoms with Crippen molar-refractivity contribution in [2.24, 2.45) is 0 Å². The normalized spacial score (nSPS) is 14.3. The number of fused-ring (bicyclic) bond motifs is 1. The molecule has 0 spiro atoms. The van der Waals surface area contributed by atoms with Gasteiger partial charge in [0.15, 0.2) is 11.5 Å². The second-order valence-corrected chi connectivity index (χ2v) is 7.65. The average molecular weight is 418 g/mol. The van der Waals surface area contributed by atoms with E-state index in [-0.39, 0.29) is 31.3 Å². The maximum Gasteiger partial charge on any atom is 0.307 e. The minimum absolute atomic E-state index is 0.0708. The molecule has 1 aliphatic rings. The molecule has 1 heterocycles. The van der Waals surface area contributed by atoms with E-state index in [9.17, 15) is 4.79 Å². The molecule has 0 aromatic heterocycles. The topological polar surface area (TPSA) is 48.0 Å². The van der Waals surface area contributed by atoms with Gasteiger partial charge in [-0.05, 0) is 35.7 Å². The van der Waals surface area contributed by atoms with Gasteiger partial charge in [-0.2, -0.15) is 0 Å². The van der Waals surface area contributed by atoms with Crippen molar-refractivity contribution in [3.05, 3.63) is 95.6 Å². The highest BCUT2D eigenvalue weighted by Crippen LogP contribution is 2.39. The number of hydrogen-bond acceptors (Lipinski definition) is 5. The number of rotatable bonds is 8. The van der Waals surface area contributed by atoms with Crippen molar-refractivity contribution < 1.29 is 19.0 Å². The lowest BCUT2D eigenvalue weighted by Gasteiger charge is -2.37. The number of esters is 1. The van der Waals surface area contributed by atoms with Gasteiger partial charge in [-0.25, -0.2) is 0 Å². The molecule has 1 aliphatic heterocycles. The molecule has 0 amide bonds. The van der Waals surface area contributed by atoms with E-state index in [0.29, 0.717) is 12.3 Å². The van der Waals surface area contributed by atoms with E-state index in [1.54, 1.807) is 0 Å². The summed E-state index contributed by atoms with van der Waals surface area (Å²) in [5.41, 5.74) is 3.36. The first-order valence-corrected chi connectivity index (χ1v) is 10.5. The molecule has 0 N–H and O–H groups in total. The van der Waals surface area contributed by atoms with E-state index >= 15 is 0 Å². The SMILES string of the molecule is COC(=O)C[C@@H](c1ccc2c(c1)OCO2)N(Cc1ccccc1)[C@H](C)c1ccccc1. The highest BCUT2D eigenvalue weighted by atomic mass is 16.7. The quantitative estimate of drug-likeness (QED) is 0.467. The zero-order chi connectivity index (χ0) is 21.6. The van der Waals surface area contributed by atoms with Crippen LogP contribution in [0.4, 0.5) is 0 Å². The van der Waals surface area contributed by atoms with Crippen LogP contribution in [0, 0.1) is 0 Å². The first-order chi connectivity index (χ1) is 15.2. The summed E-state index contributed by atoms with van der Waals surface area (Å²) in [6, 6.07) is 26.4. The zero-order valence-electron chi connectivity index (χ0n) is 17.9. The fourth-order valence-electron chi connectivity index (χ4n) is 4.02. The van der Waals surface area contributed by atoms with E-state index in [1.807, 2.05) is 54.6 Å². The number of methoxy groups -OCH3 is 1. The van der Waals surface area contributed by atoms with Gasteiger partial charge >= 0.3 is 5.97 Å². The van der Waals surface area contributed by atoms with Crippen molar-refractivity contribution in [2.45, 2.75) is 32.0 Å². The Bertz CT molecular complexity index is 1010. The van der Waals surface area contributed by atoms with Crippen LogP contribution in [-0.2, 0) is 16.1 Å². The highest BCUT2D eigenvalue weighted by Gasteiger charge is 2.30. The number of nitrogens with zero attached hydrogens (tertiary/aromatic N) is 1. The summed E-state index contributed by atoms with van der Waals surface area (Å²) in [4.78, 5) is 14.8. The van der Waals surface area contributed by atoms with Crippen LogP contribution in [0.1, 0.15) is 42.1 Å². The summed E-state index contributed by atoms with van der Waals surface area (Å²) in [7, 11) is 1.43. The van der Waals surface area contributed by atoms with Crippen LogP contribution in [0.3, 0.4) is 0 Å². The number of hydrogen-bond donors (Lipinski definition) is 0. The molecule has 0 radical (unpaired) electrons. The van der Waals surface area contributed by atoms with Crippen molar-refractivity contribution in [3.8, 4) is 11.5 Å². The first kappa shape index (κ1) is 20.9. The molecule has 2 atom stereocenters. The predicted molar refractivity (Wildman–Crippen MR) is 119 cm³/mol. The van der Waals surface area contributed by atoms with Gasteiger partial charge in [0.05, 0.1) is 13.5 Å². The van der Waals surface area contributed by atoms with E-state index in [4.69, 9.17) is 14.2 Å². The van der Waals surface area contributed by atoms with E-state index in [2.05, 4.69) is 36.1 Å². The van der Waals surface area contributed by atoms with Crippen molar-refractivity contribution in [1.29, 1.82) is 0 Å². The van der Waals surface area contributed by atoms with Gasteiger partial charge in [0.2, 0.25) is 6.79 Å². The van der Waals surface area contributed by atoms with Gasteiger partial charge in [0.25, 0.3) is 0 Å². The smallest absolute Gasteiger partial charge is 0.307 e. The largest absolute Gasteiger partial charge is 0.469 e. The minimum atomic E-state index is -0.249. The van der Waals surface area contributed by atoms with Crippen LogP contribution >= 0.6 is 0 Å². The second-order valence-electron chi connectivity index (χ2n) is 7.65. The number of carbonyl (C=O) groups is 1. The molecular formula is C26H27NO4. The lowest BCUT2D eigenvalue weighted by Crippen LogP contribution is -2.33. The molecule has 0 aliphatic carbocycles. The Balaban J connectivity index is 1.75. The van der Waals surface area contributed by atoms with Crippen LogP contribution in [-0.4, -0.2) is 24.8 Å². The maximum atomic E-state index is 12.4. The van der Waals surface area contributed by atoms with E-state index < -0.39 is 0 Å². The molecule has 0 saturated carbocycles. The van der Waals surface area contributed by atoms with Crippen LogP contribution in [0.5, 0.6) is 11.5 Å². The van der Waals surface area contributed by atoms with Gasteiger partial charge in [-0.1, -0.05) is 66.7 Å². The van der Waals surface area contributed by atoms with E-state index in [0.717, 1.165) is 11.3 Å². The van der Waals surface area contributed by atoms with Gasteiger partial charge in [-0.15, -0.1) is 0 Å². The van der Waals surface area contributed by atoms with Gasteiger partial charge in [0.1, 0.15) is 0 Å². The molecule has 0 fully saturated rings. The monoisotopic (exact) mass is 417 g/mol. The molecule has 0 saturated heterocycles. The summed E-state index contributed by atoms with van der Waals surface area (Å²) >= 11 is 0. The highest BCUT2D eigenvalue weighted by molar-refractivity contribution is 5.70. The third-order valence-electron chi connectivity index (χ3n) is 5.76. The van der Waals surface area contributed by atoms with Crippen molar-refractivity contribution in [2.75, 3.05) is 13.9 Å². The molecule has 3 aromatic carbocycles.